The number of nitrogens with one attached hydrogen (secondary N) is 1. The number of amides is 2. The van der Waals surface area contributed by atoms with Crippen LogP contribution in [-0.4, -0.2) is 103 Å². The molecule has 2 aliphatic heterocycles. The fourth-order valence-electron chi connectivity index (χ4n) is 5.52. The van der Waals surface area contributed by atoms with Crippen molar-refractivity contribution in [2.45, 2.75) is 51.6 Å². The van der Waals surface area contributed by atoms with Gasteiger partial charge in [-0.1, -0.05) is 19.1 Å². The fourth-order valence-corrected chi connectivity index (χ4v) is 5.52. The quantitative estimate of drug-likeness (QED) is 0.419. The van der Waals surface area contributed by atoms with Gasteiger partial charge in [0.15, 0.2) is 0 Å². The van der Waals surface area contributed by atoms with Crippen LogP contribution in [0, 0.1) is 5.92 Å². The smallest absolute Gasteiger partial charge is 0.416 e. The Labute approximate surface area is 256 Å². The number of aliphatic hydroxyl groups excluding tert-OH is 1. The third-order valence-corrected chi connectivity index (χ3v) is 8.18. The molecule has 0 unspecified atom stereocenters. The Balaban J connectivity index is 1.49. The van der Waals surface area contributed by atoms with E-state index >= 15 is 0 Å². The highest BCUT2D eigenvalue weighted by molar-refractivity contribution is 5.91. The maximum absolute atomic E-state index is 13.5. The van der Waals surface area contributed by atoms with Gasteiger partial charge in [-0.2, -0.15) is 13.2 Å². The standard InChI is InChI=1S/C32H43F3N4O5/c1-22-18-39(23(2)21-40)31(42)17-25-16-27(36-30(41)10-11-38-12-14-43-15-13-38)8-9-28(25)44-29(22)20-37(3)19-24-4-6-26(7-5-24)32(33,34)35/h4-9,16,22-23,29,40H,10-15,17-21H2,1-3H3,(H,36,41)/t22-,23+,29-/m1/s1. The maximum Gasteiger partial charge on any atom is 0.416 e. The van der Waals surface area contributed by atoms with Crippen molar-refractivity contribution in [1.82, 2.24) is 14.7 Å². The molecule has 0 radical (unpaired) electrons. The van der Waals surface area contributed by atoms with Crippen molar-refractivity contribution >= 4 is 17.5 Å². The van der Waals surface area contributed by atoms with Crippen molar-refractivity contribution in [3.63, 3.8) is 0 Å². The van der Waals surface area contributed by atoms with E-state index in [-0.39, 0.29) is 36.9 Å². The molecule has 2 N–H and O–H groups in total. The summed E-state index contributed by atoms with van der Waals surface area (Å²) in [5.41, 5.74) is 1.23. The first-order chi connectivity index (χ1) is 20.9. The summed E-state index contributed by atoms with van der Waals surface area (Å²) in [4.78, 5) is 32.0. The zero-order valence-electron chi connectivity index (χ0n) is 25.6. The Hall–Kier alpha value is -3.19. The molecule has 2 amide bonds. The van der Waals surface area contributed by atoms with E-state index in [9.17, 15) is 27.9 Å². The van der Waals surface area contributed by atoms with Gasteiger partial charge in [-0.3, -0.25) is 19.4 Å². The van der Waals surface area contributed by atoms with Crippen molar-refractivity contribution in [2.75, 3.05) is 64.9 Å². The number of aliphatic hydroxyl groups is 1. The van der Waals surface area contributed by atoms with Crippen molar-refractivity contribution in [3.8, 4) is 5.75 Å². The highest BCUT2D eigenvalue weighted by Gasteiger charge is 2.32. The van der Waals surface area contributed by atoms with Gasteiger partial charge in [-0.15, -0.1) is 0 Å². The van der Waals surface area contributed by atoms with Crippen molar-refractivity contribution in [3.05, 3.63) is 59.2 Å². The molecule has 44 heavy (non-hydrogen) atoms. The van der Waals surface area contributed by atoms with E-state index in [1.807, 2.05) is 18.9 Å². The zero-order valence-corrected chi connectivity index (χ0v) is 25.6. The Morgan fingerprint density at radius 1 is 1.16 bits per heavy atom. The molecule has 0 spiro atoms. The van der Waals surface area contributed by atoms with E-state index in [4.69, 9.17) is 9.47 Å². The van der Waals surface area contributed by atoms with E-state index in [1.54, 1.807) is 30.0 Å². The van der Waals surface area contributed by atoms with Gasteiger partial charge in [0.2, 0.25) is 11.8 Å². The largest absolute Gasteiger partial charge is 0.488 e. The van der Waals surface area contributed by atoms with Gasteiger partial charge in [0.1, 0.15) is 11.9 Å². The van der Waals surface area contributed by atoms with Crippen LogP contribution >= 0.6 is 0 Å². The van der Waals surface area contributed by atoms with Crippen LogP contribution in [0.15, 0.2) is 42.5 Å². The van der Waals surface area contributed by atoms with Gasteiger partial charge < -0.3 is 24.8 Å². The average Bonchev–Trinajstić information content (AvgIpc) is 3.03. The minimum absolute atomic E-state index is 0.0397. The summed E-state index contributed by atoms with van der Waals surface area (Å²) >= 11 is 0. The lowest BCUT2D eigenvalue weighted by molar-refractivity contribution is -0.137. The van der Waals surface area contributed by atoms with Crippen LogP contribution in [0.25, 0.3) is 0 Å². The van der Waals surface area contributed by atoms with Gasteiger partial charge in [0.05, 0.1) is 37.8 Å². The summed E-state index contributed by atoms with van der Waals surface area (Å²) in [6.07, 6.45) is -4.39. The minimum atomic E-state index is -4.39. The fraction of sp³-hybridized carbons (Fsp3) is 0.562. The van der Waals surface area contributed by atoms with E-state index in [2.05, 4.69) is 10.2 Å². The number of morpholine rings is 1. The number of benzene rings is 2. The minimum Gasteiger partial charge on any atom is -0.488 e. The topological polar surface area (TPSA) is 94.6 Å². The predicted molar refractivity (Wildman–Crippen MR) is 160 cm³/mol. The number of carbonyl (C=O) groups is 2. The van der Waals surface area contributed by atoms with E-state index in [1.165, 1.54) is 12.1 Å². The molecule has 9 nitrogen and oxygen atoms in total. The van der Waals surface area contributed by atoms with Crippen LogP contribution in [0.3, 0.4) is 0 Å². The molecule has 2 heterocycles. The van der Waals surface area contributed by atoms with Gasteiger partial charge in [-0.25, -0.2) is 0 Å². The van der Waals surface area contributed by atoms with Gasteiger partial charge in [0, 0.05) is 62.9 Å². The summed E-state index contributed by atoms with van der Waals surface area (Å²) < 4.78 is 50.9. The predicted octanol–water partition coefficient (Wildman–Crippen LogP) is 3.65. The maximum atomic E-state index is 13.5. The van der Waals surface area contributed by atoms with Crippen LogP contribution in [0.2, 0.25) is 0 Å². The number of rotatable bonds is 10. The zero-order chi connectivity index (χ0) is 31.9. The van der Waals surface area contributed by atoms with Gasteiger partial charge in [0.25, 0.3) is 0 Å². The second kappa shape index (κ2) is 15.2. The number of alkyl halides is 3. The first-order valence-corrected chi connectivity index (χ1v) is 15.1. The average molecular weight is 621 g/mol. The molecular weight excluding hydrogens is 577 g/mol. The summed E-state index contributed by atoms with van der Waals surface area (Å²) in [6.45, 7) is 8.35. The Morgan fingerprint density at radius 2 is 1.86 bits per heavy atom. The van der Waals surface area contributed by atoms with Crippen LogP contribution in [0.5, 0.6) is 5.75 Å². The van der Waals surface area contributed by atoms with Gasteiger partial charge >= 0.3 is 6.18 Å². The van der Waals surface area contributed by atoms with Crippen LogP contribution in [-0.2, 0) is 33.5 Å². The Bertz CT molecular complexity index is 1250. The normalized spacial score (nSPS) is 20.7. The third kappa shape index (κ3) is 9.40. The number of ether oxygens (including phenoxy) is 2. The lowest BCUT2D eigenvalue weighted by atomic mass is 10.0. The SMILES string of the molecule is C[C@@H]1CN([C@@H](C)CO)C(=O)Cc2cc(NC(=O)CCN3CCOCC3)ccc2O[C@@H]1CN(C)Cc1ccc(C(F)(F)F)cc1. The van der Waals surface area contributed by atoms with E-state index in [0.29, 0.717) is 62.8 Å². The molecule has 0 saturated carbocycles. The summed E-state index contributed by atoms with van der Waals surface area (Å²) in [5, 5.41) is 12.8. The number of halogens is 3. The highest BCUT2D eigenvalue weighted by atomic mass is 19.4. The second-order valence-corrected chi connectivity index (χ2v) is 11.9. The van der Waals surface area contributed by atoms with Crippen LogP contribution in [0.1, 0.15) is 37.0 Å². The molecule has 1 saturated heterocycles. The van der Waals surface area contributed by atoms with Crippen molar-refractivity contribution in [1.29, 1.82) is 0 Å². The first-order valence-electron chi connectivity index (χ1n) is 15.1. The molecule has 1 fully saturated rings. The molecule has 3 atom stereocenters. The van der Waals surface area contributed by atoms with Crippen LogP contribution < -0.4 is 10.1 Å². The summed E-state index contributed by atoms with van der Waals surface area (Å²) in [7, 11) is 1.87. The third-order valence-electron chi connectivity index (χ3n) is 8.18. The molecule has 0 bridgehead atoms. The Morgan fingerprint density at radius 3 is 2.52 bits per heavy atom. The number of carbonyl (C=O) groups excluding carboxylic acids is 2. The highest BCUT2D eigenvalue weighted by Crippen LogP contribution is 2.31. The number of hydrogen-bond acceptors (Lipinski definition) is 7. The molecule has 12 heteroatoms. The first kappa shape index (κ1) is 33.7. The van der Waals surface area contributed by atoms with E-state index < -0.39 is 17.8 Å². The number of likely N-dealkylation sites (N-methyl/N-ethyl adjacent to an activating group) is 1. The molecule has 2 aromatic rings. The lowest BCUT2D eigenvalue weighted by Crippen LogP contribution is -2.47. The van der Waals surface area contributed by atoms with Crippen molar-refractivity contribution in [2.24, 2.45) is 5.92 Å². The summed E-state index contributed by atoms with van der Waals surface area (Å²) in [5.74, 6) is 0.118. The molecule has 2 aromatic carbocycles. The van der Waals surface area contributed by atoms with Crippen LogP contribution in [0.4, 0.5) is 18.9 Å². The lowest BCUT2D eigenvalue weighted by Gasteiger charge is -2.34. The number of nitrogens with zero attached hydrogens (tertiary/aromatic N) is 3. The van der Waals surface area contributed by atoms with Gasteiger partial charge in [-0.05, 0) is 49.9 Å². The monoisotopic (exact) mass is 620 g/mol. The Kier molecular flexibility index (Phi) is 11.6. The molecule has 0 aliphatic carbocycles. The van der Waals surface area contributed by atoms with E-state index in [0.717, 1.165) is 30.8 Å². The van der Waals surface area contributed by atoms with Crippen molar-refractivity contribution < 1.29 is 37.3 Å². The number of anilines is 1. The molecule has 2 aliphatic rings. The number of hydrogen-bond donors (Lipinski definition) is 2. The molecular formula is C32H43F3N4O5. The number of fused-ring (bicyclic) bond motifs is 1. The summed E-state index contributed by atoms with van der Waals surface area (Å²) in [6, 6.07) is 10.00. The molecule has 4 rings (SSSR count). The second-order valence-electron chi connectivity index (χ2n) is 11.9. The molecule has 0 aromatic heterocycles. The molecule has 242 valence electrons.